The van der Waals surface area contributed by atoms with Crippen molar-refractivity contribution in [1.29, 1.82) is 0 Å². The number of nitrogens with one attached hydrogen (secondary N) is 1. The minimum atomic E-state index is -1.09. The van der Waals surface area contributed by atoms with E-state index in [2.05, 4.69) is 10.4 Å². The number of rotatable bonds is 6. The first kappa shape index (κ1) is 20.1. The fourth-order valence-electron chi connectivity index (χ4n) is 2.49. The molecule has 0 saturated carbocycles. The average Bonchev–Trinajstić information content (AvgIpc) is 2.70. The molecule has 9 heteroatoms. The number of benzene rings is 2. The number of nitrogens with zero attached hydrogens (tertiary/aromatic N) is 2. The summed E-state index contributed by atoms with van der Waals surface area (Å²) in [4.78, 5) is 24.5. The van der Waals surface area contributed by atoms with Crippen LogP contribution in [-0.2, 0) is 4.79 Å². The standard InChI is InChI=1S/C20H16F3N3O3/c1-2-17(20(28)24-13-5-8-15(22)16(23)11-13)29-18-9-10-19(27)26(25-18)14-6-3-12(21)4-7-14/h3-11,17H,2H2,1H3,(H,24,28). The molecule has 1 atom stereocenters. The van der Waals surface area contributed by atoms with Crippen molar-refractivity contribution in [3.8, 4) is 11.6 Å². The summed E-state index contributed by atoms with van der Waals surface area (Å²) in [7, 11) is 0. The van der Waals surface area contributed by atoms with Crippen molar-refractivity contribution < 1.29 is 22.7 Å². The number of halogens is 3. The summed E-state index contributed by atoms with van der Waals surface area (Å²) in [6, 6.07) is 10.6. The molecule has 3 rings (SSSR count). The molecule has 0 aliphatic heterocycles. The Labute approximate surface area is 163 Å². The fourth-order valence-corrected chi connectivity index (χ4v) is 2.49. The predicted octanol–water partition coefficient (Wildman–Crippen LogP) is 3.45. The van der Waals surface area contributed by atoms with Crippen LogP contribution in [-0.4, -0.2) is 21.8 Å². The van der Waals surface area contributed by atoms with Crippen LogP contribution in [0.15, 0.2) is 59.4 Å². The van der Waals surface area contributed by atoms with E-state index in [1.165, 1.54) is 42.5 Å². The van der Waals surface area contributed by atoms with Gasteiger partial charge < -0.3 is 10.1 Å². The molecule has 0 spiro atoms. The third-order valence-electron chi connectivity index (χ3n) is 3.96. The summed E-state index contributed by atoms with van der Waals surface area (Å²) in [6.07, 6.45) is -0.762. The van der Waals surface area contributed by atoms with Gasteiger partial charge in [0, 0.05) is 23.9 Å². The zero-order valence-corrected chi connectivity index (χ0v) is 15.2. The molecule has 0 bridgehead atoms. The zero-order chi connectivity index (χ0) is 21.0. The highest BCUT2D eigenvalue weighted by Crippen LogP contribution is 2.16. The molecule has 1 unspecified atom stereocenters. The molecule has 1 amide bonds. The molecule has 1 heterocycles. The highest BCUT2D eigenvalue weighted by Gasteiger charge is 2.20. The van der Waals surface area contributed by atoms with Crippen molar-refractivity contribution in [3.63, 3.8) is 0 Å². The van der Waals surface area contributed by atoms with Crippen LogP contribution in [0.3, 0.4) is 0 Å². The number of ether oxygens (including phenoxy) is 1. The molecule has 1 N–H and O–H groups in total. The molecule has 0 radical (unpaired) electrons. The van der Waals surface area contributed by atoms with Crippen molar-refractivity contribution in [2.24, 2.45) is 0 Å². The first-order chi connectivity index (χ1) is 13.9. The molecule has 0 saturated heterocycles. The van der Waals surface area contributed by atoms with Gasteiger partial charge in [-0.15, -0.1) is 5.10 Å². The number of aromatic nitrogens is 2. The zero-order valence-electron chi connectivity index (χ0n) is 15.2. The second-order valence-electron chi connectivity index (χ2n) is 6.03. The SMILES string of the molecule is CCC(Oc1ccc(=O)n(-c2ccc(F)cc2)n1)C(=O)Nc1ccc(F)c(F)c1. The molecule has 1 aromatic heterocycles. The molecule has 6 nitrogen and oxygen atoms in total. The maximum atomic E-state index is 13.3. The molecular formula is C20H16F3N3O3. The lowest BCUT2D eigenvalue weighted by molar-refractivity contribution is -0.123. The van der Waals surface area contributed by atoms with Gasteiger partial charge >= 0.3 is 0 Å². The van der Waals surface area contributed by atoms with Gasteiger partial charge in [-0.05, 0) is 42.8 Å². The van der Waals surface area contributed by atoms with Gasteiger partial charge in [-0.3, -0.25) is 9.59 Å². The van der Waals surface area contributed by atoms with E-state index in [1.54, 1.807) is 6.92 Å². The van der Waals surface area contributed by atoms with Crippen LogP contribution in [0.2, 0.25) is 0 Å². The fraction of sp³-hybridized carbons (Fsp3) is 0.150. The van der Waals surface area contributed by atoms with E-state index >= 15 is 0 Å². The number of hydrogen-bond donors (Lipinski definition) is 1. The van der Waals surface area contributed by atoms with Crippen LogP contribution in [0.25, 0.3) is 5.69 Å². The smallest absolute Gasteiger partial charge is 0.271 e. The first-order valence-corrected chi connectivity index (χ1v) is 8.66. The molecule has 3 aromatic rings. The highest BCUT2D eigenvalue weighted by molar-refractivity contribution is 5.94. The van der Waals surface area contributed by atoms with E-state index in [4.69, 9.17) is 4.74 Å². The van der Waals surface area contributed by atoms with E-state index in [0.29, 0.717) is 5.69 Å². The summed E-state index contributed by atoms with van der Waals surface area (Å²) in [5.41, 5.74) is -0.0791. The first-order valence-electron chi connectivity index (χ1n) is 8.66. The molecule has 0 fully saturated rings. The molecular weight excluding hydrogens is 387 g/mol. The van der Waals surface area contributed by atoms with E-state index in [9.17, 15) is 22.8 Å². The van der Waals surface area contributed by atoms with Gasteiger partial charge in [0.1, 0.15) is 5.82 Å². The summed E-state index contributed by atoms with van der Waals surface area (Å²) >= 11 is 0. The number of carbonyl (C=O) groups is 1. The van der Waals surface area contributed by atoms with E-state index in [-0.39, 0.29) is 18.0 Å². The summed E-state index contributed by atoms with van der Waals surface area (Å²) in [5.74, 6) is -3.20. The third-order valence-corrected chi connectivity index (χ3v) is 3.96. The Morgan fingerprint density at radius 3 is 2.45 bits per heavy atom. The van der Waals surface area contributed by atoms with Gasteiger partial charge in [0.15, 0.2) is 17.7 Å². The Balaban J connectivity index is 1.78. The minimum Gasteiger partial charge on any atom is -0.463 e. The van der Waals surface area contributed by atoms with Crippen molar-refractivity contribution in [1.82, 2.24) is 9.78 Å². The lowest BCUT2D eigenvalue weighted by atomic mass is 10.2. The lowest BCUT2D eigenvalue weighted by Gasteiger charge is -2.17. The van der Waals surface area contributed by atoms with Crippen LogP contribution >= 0.6 is 0 Å². The van der Waals surface area contributed by atoms with Crippen molar-refractivity contribution in [2.45, 2.75) is 19.4 Å². The van der Waals surface area contributed by atoms with Crippen LogP contribution in [0.5, 0.6) is 5.88 Å². The summed E-state index contributed by atoms with van der Waals surface area (Å²) in [6.45, 7) is 1.69. The molecule has 29 heavy (non-hydrogen) atoms. The second-order valence-corrected chi connectivity index (χ2v) is 6.03. The maximum Gasteiger partial charge on any atom is 0.271 e. The Bertz CT molecular complexity index is 1080. The van der Waals surface area contributed by atoms with Gasteiger partial charge in [0.05, 0.1) is 5.69 Å². The van der Waals surface area contributed by atoms with Crippen LogP contribution in [0.4, 0.5) is 18.9 Å². The van der Waals surface area contributed by atoms with Gasteiger partial charge in [-0.2, -0.15) is 4.68 Å². The minimum absolute atomic E-state index is 0.0128. The van der Waals surface area contributed by atoms with Crippen LogP contribution in [0, 0.1) is 17.5 Å². The Morgan fingerprint density at radius 2 is 1.79 bits per heavy atom. The largest absolute Gasteiger partial charge is 0.463 e. The maximum absolute atomic E-state index is 13.3. The summed E-state index contributed by atoms with van der Waals surface area (Å²) in [5, 5.41) is 6.48. The molecule has 0 aliphatic carbocycles. The quantitative estimate of drug-likeness (QED) is 0.684. The van der Waals surface area contributed by atoms with E-state index < -0.39 is 35.0 Å². The monoisotopic (exact) mass is 403 g/mol. The van der Waals surface area contributed by atoms with Crippen LogP contribution < -0.4 is 15.6 Å². The molecule has 0 aliphatic rings. The third kappa shape index (κ3) is 4.81. The molecule has 2 aromatic carbocycles. The Hall–Kier alpha value is -3.62. The van der Waals surface area contributed by atoms with Crippen molar-refractivity contribution in [2.75, 3.05) is 5.32 Å². The van der Waals surface area contributed by atoms with Gasteiger partial charge in [-0.25, -0.2) is 13.2 Å². The number of hydrogen-bond acceptors (Lipinski definition) is 4. The number of amides is 1. The topological polar surface area (TPSA) is 73.2 Å². The average molecular weight is 403 g/mol. The van der Waals surface area contributed by atoms with Crippen molar-refractivity contribution >= 4 is 11.6 Å². The lowest BCUT2D eigenvalue weighted by Crippen LogP contribution is -2.33. The van der Waals surface area contributed by atoms with Gasteiger partial charge in [0.2, 0.25) is 5.88 Å². The molecule has 150 valence electrons. The second kappa shape index (κ2) is 8.59. The highest BCUT2D eigenvalue weighted by atomic mass is 19.2. The van der Waals surface area contributed by atoms with Gasteiger partial charge in [-0.1, -0.05) is 6.92 Å². The Morgan fingerprint density at radius 1 is 1.07 bits per heavy atom. The van der Waals surface area contributed by atoms with E-state index in [0.717, 1.165) is 16.8 Å². The summed E-state index contributed by atoms with van der Waals surface area (Å²) < 4.78 is 46.0. The Kier molecular flexibility index (Phi) is 5.96. The number of anilines is 1. The van der Waals surface area contributed by atoms with Crippen LogP contribution in [0.1, 0.15) is 13.3 Å². The predicted molar refractivity (Wildman–Crippen MR) is 99.5 cm³/mol. The number of carbonyl (C=O) groups excluding carboxylic acids is 1. The van der Waals surface area contributed by atoms with E-state index in [1.807, 2.05) is 0 Å². The van der Waals surface area contributed by atoms with Crippen molar-refractivity contribution in [3.05, 3.63) is 82.4 Å². The normalized spacial score (nSPS) is 11.7. The van der Waals surface area contributed by atoms with Gasteiger partial charge in [0.25, 0.3) is 11.5 Å².